The molecule has 0 aromatic carbocycles. The predicted octanol–water partition coefficient (Wildman–Crippen LogP) is 1.78. The number of aryl methyl sites for hydroxylation is 1. The van der Waals surface area contributed by atoms with Crippen molar-refractivity contribution >= 4 is 11.8 Å². The first kappa shape index (κ1) is 14.6. The van der Waals surface area contributed by atoms with Gasteiger partial charge in [0.25, 0.3) is 5.56 Å². The summed E-state index contributed by atoms with van der Waals surface area (Å²) in [5.74, 6) is 0.301. The van der Waals surface area contributed by atoms with Gasteiger partial charge in [-0.05, 0) is 12.8 Å². The van der Waals surface area contributed by atoms with Crippen molar-refractivity contribution in [2.24, 2.45) is 5.41 Å². The van der Waals surface area contributed by atoms with Crippen molar-refractivity contribution in [1.29, 1.82) is 0 Å². The van der Waals surface area contributed by atoms with E-state index in [1.54, 1.807) is 0 Å². The Morgan fingerprint density at radius 2 is 2.15 bits per heavy atom. The van der Waals surface area contributed by atoms with Gasteiger partial charge in [-0.3, -0.25) is 9.59 Å². The first-order valence-electron chi connectivity index (χ1n) is 7.13. The van der Waals surface area contributed by atoms with E-state index in [1.807, 2.05) is 6.92 Å². The van der Waals surface area contributed by atoms with Crippen LogP contribution in [0.1, 0.15) is 44.9 Å². The summed E-state index contributed by atoms with van der Waals surface area (Å²) < 4.78 is 0. The predicted molar refractivity (Wildman–Crippen MR) is 75.9 cm³/mol. The van der Waals surface area contributed by atoms with E-state index in [1.165, 1.54) is 6.07 Å². The maximum atomic E-state index is 11.6. The minimum Gasteiger partial charge on any atom is -0.481 e. The van der Waals surface area contributed by atoms with Crippen LogP contribution >= 0.6 is 0 Å². The molecule has 1 aliphatic rings. The molecule has 1 saturated carbocycles. The number of nitrogens with zero attached hydrogens (tertiary/aromatic N) is 1. The molecule has 1 aliphatic carbocycles. The molecule has 0 amide bonds. The molecule has 1 heterocycles. The summed E-state index contributed by atoms with van der Waals surface area (Å²) in [6.07, 6.45) is 4.97. The van der Waals surface area contributed by atoms with E-state index in [2.05, 4.69) is 15.3 Å². The van der Waals surface area contributed by atoms with E-state index in [0.29, 0.717) is 37.4 Å². The highest BCUT2D eigenvalue weighted by Gasteiger charge is 2.39. The average Bonchev–Trinajstić information content (AvgIpc) is 2.45. The standard InChI is InChI=1S/C14H21N3O3/c1-2-10-16-11(8-12(18)17-10)15-9-14(13(19)20)6-4-3-5-7-14/h8H,2-7,9H2,1H3,(H,19,20)(H2,15,16,17,18). The van der Waals surface area contributed by atoms with Crippen LogP contribution in [0.2, 0.25) is 0 Å². The molecule has 1 aromatic heterocycles. The van der Waals surface area contributed by atoms with Crippen molar-refractivity contribution in [3.63, 3.8) is 0 Å². The lowest BCUT2D eigenvalue weighted by Crippen LogP contribution is -2.40. The first-order valence-corrected chi connectivity index (χ1v) is 7.13. The topological polar surface area (TPSA) is 95.1 Å². The van der Waals surface area contributed by atoms with E-state index < -0.39 is 11.4 Å². The van der Waals surface area contributed by atoms with Crippen LogP contribution < -0.4 is 10.9 Å². The molecule has 6 heteroatoms. The Bertz CT molecular complexity index is 533. The fourth-order valence-corrected chi connectivity index (χ4v) is 2.72. The van der Waals surface area contributed by atoms with Gasteiger partial charge in [0.2, 0.25) is 0 Å². The molecule has 20 heavy (non-hydrogen) atoms. The number of carboxylic acids is 1. The molecule has 0 unspecified atom stereocenters. The number of hydrogen-bond donors (Lipinski definition) is 3. The lowest BCUT2D eigenvalue weighted by Gasteiger charge is -2.33. The smallest absolute Gasteiger partial charge is 0.311 e. The fraction of sp³-hybridized carbons (Fsp3) is 0.643. The number of aliphatic carboxylic acids is 1. The number of aromatic nitrogens is 2. The van der Waals surface area contributed by atoms with Gasteiger partial charge < -0.3 is 15.4 Å². The lowest BCUT2D eigenvalue weighted by atomic mass is 9.74. The largest absolute Gasteiger partial charge is 0.481 e. The number of nitrogens with one attached hydrogen (secondary N) is 2. The molecule has 0 atom stereocenters. The molecule has 6 nitrogen and oxygen atoms in total. The van der Waals surface area contributed by atoms with Gasteiger partial charge in [0.1, 0.15) is 11.6 Å². The van der Waals surface area contributed by atoms with E-state index >= 15 is 0 Å². The van der Waals surface area contributed by atoms with E-state index in [-0.39, 0.29) is 5.56 Å². The van der Waals surface area contributed by atoms with Gasteiger partial charge in [0.15, 0.2) is 0 Å². The number of carboxylic acid groups (broad SMARTS) is 1. The number of anilines is 1. The third-order valence-corrected chi connectivity index (χ3v) is 4.00. The molecule has 0 spiro atoms. The molecule has 0 aliphatic heterocycles. The minimum absolute atomic E-state index is 0.215. The Morgan fingerprint density at radius 1 is 1.45 bits per heavy atom. The first-order chi connectivity index (χ1) is 9.55. The molecule has 1 fully saturated rings. The Balaban J connectivity index is 2.11. The molecule has 2 rings (SSSR count). The van der Waals surface area contributed by atoms with E-state index in [0.717, 1.165) is 19.3 Å². The van der Waals surface area contributed by atoms with Crippen LogP contribution in [0.5, 0.6) is 0 Å². The van der Waals surface area contributed by atoms with E-state index in [4.69, 9.17) is 0 Å². The highest BCUT2D eigenvalue weighted by atomic mass is 16.4. The third kappa shape index (κ3) is 3.18. The number of carbonyl (C=O) groups is 1. The Hall–Kier alpha value is -1.85. The fourth-order valence-electron chi connectivity index (χ4n) is 2.72. The Labute approximate surface area is 117 Å². The molecule has 3 N–H and O–H groups in total. The minimum atomic E-state index is -0.759. The quantitative estimate of drug-likeness (QED) is 0.763. The van der Waals surface area contributed by atoms with Gasteiger partial charge in [0, 0.05) is 19.0 Å². The highest BCUT2D eigenvalue weighted by molar-refractivity contribution is 5.75. The highest BCUT2D eigenvalue weighted by Crippen LogP contribution is 2.36. The third-order valence-electron chi connectivity index (χ3n) is 4.00. The summed E-state index contributed by atoms with van der Waals surface area (Å²) in [5, 5.41) is 12.5. The van der Waals surface area contributed by atoms with Gasteiger partial charge in [-0.1, -0.05) is 26.2 Å². The van der Waals surface area contributed by atoms with Crippen LogP contribution in [0, 0.1) is 5.41 Å². The normalized spacial score (nSPS) is 17.6. The molecule has 0 radical (unpaired) electrons. The zero-order valence-corrected chi connectivity index (χ0v) is 11.7. The second kappa shape index (κ2) is 6.07. The zero-order chi connectivity index (χ0) is 14.6. The summed E-state index contributed by atoms with van der Waals surface area (Å²) in [5.41, 5.74) is -0.943. The summed E-state index contributed by atoms with van der Waals surface area (Å²) in [7, 11) is 0. The number of rotatable bonds is 5. The van der Waals surface area contributed by atoms with Gasteiger partial charge in [-0.2, -0.15) is 0 Å². The molecule has 1 aromatic rings. The second-order valence-corrected chi connectivity index (χ2v) is 5.43. The molecule has 0 saturated heterocycles. The number of aromatic amines is 1. The van der Waals surface area contributed by atoms with Crippen LogP contribution in [0.4, 0.5) is 5.82 Å². The number of hydrogen-bond acceptors (Lipinski definition) is 4. The van der Waals surface area contributed by atoms with Gasteiger partial charge in [-0.25, -0.2) is 4.98 Å². The van der Waals surface area contributed by atoms with Crippen molar-refractivity contribution in [3.05, 3.63) is 22.2 Å². The lowest BCUT2D eigenvalue weighted by molar-refractivity contribution is -0.150. The molecular formula is C14H21N3O3. The van der Waals surface area contributed by atoms with Crippen molar-refractivity contribution in [3.8, 4) is 0 Å². The monoisotopic (exact) mass is 279 g/mol. The van der Waals surface area contributed by atoms with Crippen LogP contribution in [0.25, 0.3) is 0 Å². The van der Waals surface area contributed by atoms with Gasteiger partial charge in [0.05, 0.1) is 5.41 Å². The summed E-state index contributed by atoms with van der Waals surface area (Å²) in [6.45, 7) is 2.23. The second-order valence-electron chi connectivity index (χ2n) is 5.43. The SMILES string of the molecule is CCc1nc(NCC2(C(=O)O)CCCCC2)cc(=O)[nH]1. The van der Waals surface area contributed by atoms with E-state index in [9.17, 15) is 14.7 Å². The van der Waals surface area contributed by atoms with Crippen LogP contribution in [0.15, 0.2) is 10.9 Å². The van der Waals surface area contributed by atoms with Gasteiger partial charge >= 0.3 is 5.97 Å². The maximum absolute atomic E-state index is 11.6. The molecule has 110 valence electrons. The zero-order valence-electron chi connectivity index (χ0n) is 11.7. The van der Waals surface area contributed by atoms with Crippen molar-refractivity contribution in [2.45, 2.75) is 45.4 Å². The maximum Gasteiger partial charge on any atom is 0.311 e. The summed E-state index contributed by atoms with van der Waals surface area (Å²) in [6, 6.07) is 1.37. The molecule has 0 bridgehead atoms. The summed E-state index contributed by atoms with van der Waals surface area (Å²) in [4.78, 5) is 30.0. The van der Waals surface area contributed by atoms with Crippen molar-refractivity contribution < 1.29 is 9.90 Å². The summed E-state index contributed by atoms with van der Waals surface area (Å²) >= 11 is 0. The number of H-pyrrole nitrogens is 1. The van der Waals surface area contributed by atoms with Crippen LogP contribution in [-0.4, -0.2) is 27.6 Å². The van der Waals surface area contributed by atoms with Crippen molar-refractivity contribution in [1.82, 2.24) is 9.97 Å². The molecular weight excluding hydrogens is 258 g/mol. The average molecular weight is 279 g/mol. The van der Waals surface area contributed by atoms with Crippen LogP contribution in [-0.2, 0) is 11.2 Å². The van der Waals surface area contributed by atoms with Crippen molar-refractivity contribution in [2.75, 3.05) is 11.9 Å². The van der Waals surface area contributed by atoms with Crippen LogP contribution in [0.3, 0.4) is 0 Å². The van der Waals surface area contributed by atoms with Gasteiger partial charge in [-0.15, -0.1) is 0 Å². The Kier molecular flexibility index (Phi) is 4.42. The Morgan fingerprint density at radius 3 is 2.75 bits per heavy atom.